The second-order valence-electron chi connectivity index (χ2n) is 6.57. The number of ether oxygens (including phenoxy) is 3. The second kappa shape index (κ2) is 10.3. The molecule has 1 atom stereocenters. The molecule has 0 unspecified atom stereocenters. The first-order valence-corrected chi connectivity index (χ1v) is 8.35. The minimum atomic E-state index is -0.871. The van der Waals surface area contributed by atoms with Crippen molar-refractivity contribution in [3.05, 3.63) is 55.1 Å². The topological polar surface area (TPSA) is 73.9 Å². The molecular weight excluding hydrogens is 334 g/mol. The summed E-state index contributed by atoms with van der Waals surface area (Å²) in [5.74, 6) is 0.141. The molecule has 0 aliphatic carbocycles. The normalized spacial score (nSPS) is 11.8. The van der Waals surface area contributed by atoms with Crippen LogP contribution in [0.5, 0.6) is 5.75 Å². The zero-order chi connectivity index (χ0) is 19.6. The molecule has 0 spiro atoms. The number of hydrogen-bond acceptors (Lipinski definition) is 5. The molecule has 0 aliphatic heterocycles. The van der Waals surface area contributed by atoms with Gasteiger partial charge in [0.25, 0.3) is 0 Å². The van der Waals surface area contributed by atoms with Crippen molar-refractivity contribution in [1.29, 1.82) is 0 Å². The number of nitrogens with one attached hydrogen (secondary N) is 1. The zero-order valence-corrected chi connectivity index (χ0v) is 15.6. The average Bonchev–Trinajstić information content (AvgIpc) is 2.56. The van der Waals surface area contributed by atoms with Crippen LogP contribution in [0, 0.1) is 0 Å². The third-order valence-corrected chi connectivity index (χ3v) is 3.05. The first-order valence-electron chi connectivity index (χ1n) is 8.35. The Morgan fingerprint density at radius 3 is 2.27 bits per heavy atom. The molecule has 0 aliphatic rings. The van der Waals surface area contributed by atoms with E-state index in [1.165, 1.54) is 6.08 Å². The van der Waals surface area contributed by atoms with E-state index in [4.69, 9.17) is 14.2 Å². The van der Waals surface area contributed by atoms with Gasteiger partial charge in [-0.1, -0.05) is 37.4 Å². The van der Waals surface area contributed by atoms with Gasteiger partial charge in [0.15, 0.2) is 0 Å². The fourth-order valence-electron chi connectivity index (χ4n) is 2.00. The van der Waals surface area contributed by atoms with Crippen LogP contribution in [0.4, 0.5) is 4.79 Å². The monoisotopic (exact) mass is 361 g/mol. The van der Waals surface area contributed by atoms with E-state index in [1.54, 1.807) is 39.0 Å². The predicted molar refractivity (Wildman–Crippen MR) is 100 cm³/mol. The lowest BCUT2D eigenvalue weighted by Gasteiger charge is -2.23. The Morgan fingerprint density at radius 1 is 1.12 bits per heavy atom. The zero-order valence-electron chi connectivity index (χ0n) is 15.6. The van der Waals surface area contributed by atoms with Crippen LogP contribution in [-0.2, 0) is 20.7 Å². The summed E-state index contributed by atoms with van der Waals surface area (Å²) in [5.41, 5.74) is 0.177. The minimum absolute atomic E-state index is 0.0691. The summed E-state index contributed by atoms with van der Waals surface area (Å²) in [6, 6.07) is 6.35. The molecule has 26 heavy (non-hydrogen) atoms. The summed E-state index contributed by atoms with van der Waals surface area (Å²) < 4.78 is 15.7. The molecule has 0 radical (unpaired) electrons. The SMILES string of the molecule is C=CCOC(=O)[C@H](Cc1ccc(OCC=C)cc1)NC(=O)OC(C)(C)C. The molecule has 0 heterocycles. The maximum Gasteiger partial charge on any atom is 0.408 e. The number of benzene rings is 1. The van der Waals surface area contributed by atoms with Crippen molar-refractivity contribution in [2.24, 2.45) is 0 Å². The molecule has 1 rings (SSSR count). The standard InChI is InChI=1S/C20H27NO5/c1-6-12-24-16-10-8-15(9-11-16)14-17(18(22)25-13-7-2)21-19(23)26-20(3,4)5/h6-11,17H,1-2,12-14H2,3-5H3,(H,21,23)/t17-/m0/s1. The maximum absolute atomic E-state index is 12.2. The van der Waals surface area contributed by atoms with Crippen molar-refractivity contribution in [3.8, 4) is 5.75 Å². The van der Waals surface area contributed by atoms with Crippen molar-refractivity contribution >= 4 is 12.1 Å². The lowest BCUT2D eigenvalue weighted by Crippen LogP contribution is -2.45. The molecular formula is C20H27NO5. The smallest absolute Gasteiger partial charge is 0.408 e. The Balaban J connectivity index is 2.80. The van der Waals surface area contributed by atoms with Crippen molar-refractivity contribution < 1.29 is 23.8 Å². The molecule has 1 amide bonds. The Hall–Kier alpha value is -2.76. The largest absolute Gasteiger partial charge is 0.490 e. The minimum Gasteiger partial charge on any atom is -0.490 e. The highest BCUT2D eigenvalue weighted by molar-refractivity contribution is 5.81. The van der Waals surface area contributed by atoms with Crippen LogP contribution in [0.2, 0.25) is 0 Å². The Morgan fingerprint density at radius 2 is 1.73 bits per heavy atom. The third-order valence-electron chi connectivity index (χ3n) is 3.05. The maximum atomic E-state index is 12.2. The van der Waals surface area contributed by atoms with E-state index in [2.05, 4.69) is 18.5 Å². The fraction of sp³-hybridized carbons (Fsp3) is 0.400. The summed E-state index contributed by atoms with van der Waals surface area (Å²) in [5, 5.41) is 2.57. The van der Waals surface area contributed by atoms with Gasteiger partial charge in [0, 0.05) is 6.42 Å². The summed E-state index contributed by atoms with van der Waals surface area (Å²) >= 11 is 0. The highest BCUT2D eigenvalue weighted by Gasteiger charge is 2.25. The van der Waals surface area contributed by atoms with Crippen molar-refractivity contribution in [2.45, 2.75) is 38.8 Å². The average molecular weight is 361 g/mol. The van der Waals surface area contributed by atoms with Crippen molar-refractivity contribution in [1.82, 2.24) is 5.32 Å². The molecule has 6 heteroatoms. The van der Waals surface area contributed by atoms with E-state index in [0.717, 1.165) is 5.56 Å². The first-order chi connectivity index (χ1) is 12.2. The van der Waals surface area contributed by atoms with Crippen LogP contribution in [0.1, 0.15) is 26.3 Å². The van der Waals surface area contributed by atoms with Crippen molar-refractivity contribution in [3.63, 3.8) is 0 Å². The van der Waals surface area contributed by atoms with Gasteiger partial charge in [0.2, 0.25) is 0 Å². The quantitative estimate of drug-likeness (QED) is 0.539. The highest BCUT2D eigenvalue weighted by atomic mass is 16.6. The van der Waals surface area contributed by atoms with Gasteiger partial charge in [-0.15, -0.1) is 0 Å². The van der Waals surface area contributed by atoms with Crippen molar-refractivity contribution in [2.75, 3.05) is 13.2 Å². The van der Waals surface area contributed by atoms with E-state index >= 15 is 0 Å². The van der Waals surface area contributed by atoms with E-state index in [1.807, 2.05) is 12.1 Å². The number of amides is 1. The molecule has 1 aromatic carbocycles. The third kappa shape index (κ3) is 8.37. The van der Waals surface area contributed by atoms with E-state index in [-0.39, 0.29) is 13.0 Å². The van der Waals surface area contributed by atoms with Gasteiger partial charge < -0.3 is 19.5 Å². The van der Waals surface area contributed by atoms with E-state index in [0.29, 0.717) is 12.4 Å². The number of rotatable bonds is 9. The summed E-state index contributed by atoms with van der Waals surface area (Å²) in [6.45, 7) is 12.8. The summed E-state index contributed by atoms with van der Waals surface area (Å²) in [7, 11) is 0. The molecule has 0 aromatic heterocycles. The number of carbonyl (C=O) groups excluding carboxylic acids is 2. The van der Waals surface area contributed by atoms with Gasteiger partial charge in [0.1, 0.15) is 30.6 Å². The summed E-state index contributed by atoms with van der Waals surface area (Å²) in [4.78, 5) is 24.3. The predicted octanol–water partition coefficient (Wildman–Crippen LogP) is 3.42. The number of carbonyl (C=O) groups is 2. The lowest BCUT2D eigenvalue weighted by atomic mass is 10.1. The van der Waals surface area contributed by atoms with Gasteiger partial charge in [-0.05, 0) is 38.5 Å². The van der Waals surface area contributed by atoms with Crippen LogP contribution in [0.3, 0.4) is 0 Å². The van der Waals surface area contributed by atoms with Gasteiger partial charge in [0.05, 0.1) is 0 Å². The van der Waals surface area contributed by atoms with Crippen LogP contribution in [0.15, 0.2) is 49.6 Å². The van der Waals surface area contributed by atoms with Gasteiger partial charge in [-0.2, -0.15) is 0 Å². The molecule has 0 saturated heterocycles. The Kier molecular flexibility index (Phi) is 8.42. The van der Waals surface area contributed by atoms with Crippen LogP contribution >= 0.6 is 0 Å². The highest BCUT2D eigenvalue weighted by Crippen LogP contribution is 2.14. The van der Waals surface area contributed by atoms with Crippen LogP contribution < -0.4 is 10.1 Å². The molecule has 0 bridgehead atoms. The number of hydrogen-bond donors (Lipinski definition) is 1. The molecule has 0 fully saturated rings. The Labute approximate surface area is 154 Å². The van der Waals surface area contributed by atoms with Gasteiger partial charge in [-0.25, -0.2) is 9.59 Å². The van der Waals surface area contributed by atoms with E-state index < -0.39 is 23.7 Å². The molecule has 1 N–H and O–H groups in total. The first kappa shape index (κ1) is 21.3. The number of alkyl carbamates (subject to hydrolysis) is 1. The second-order valence-corrected chi connectivity index (χ2v) is 6.57. The lowest BCUT2D eigenvalue weighted by molar-refractivity contribution is -0.144. The van der Waals surface area contributed by atoms with Gasteiger partial charge >= 0.3 is 12.1 Å². The number of esters is 1. The molecule has 0 saturated carbocycles. The van der Waals surface area contributed by atoms with Crippen LogP contribution in [-0.4, -0.2) is 36.9 Å². The summed E-state index contributed by atoms with van der Waals surface area (Å²) in [6.07, 6.45) is 2.71. The van der Waals surface area contributed by atoms with Gasteiger partial charge in [-0.3, -0.25) is 0 Å². The van der Waals surface area contributed by atoms with E-state index in [9.17, 15) is 9.59 Å². The van der Waals surface area contributed by atoms with Crippen LogP contribution in [0.25, 0.3) is 0 Å². The fourth-order valence-corrected chi connectivity index (χ4v) is 2.00. The Bertz CT molecular complexity index is 616. The molecule has 142 valence electrons. The molecule has 1 aromatic rings. The molecule has 6 nitrogen and oxygen atoms in total.